The van der Waals surface area contributed by atoms with Crippen molar-refractivity contribution in [1.29, 1.82) is 0 Å². The number of ether oxygens (including phenoxy) is 1. The fourth-order valence-electron chi connectivity index (χ4n) is 2.46. The highest BCUT2D eigenvalue weighted by Gasteiger charge is 2.13. The molecular weight excluding hydrogens is 360 g/mol. The highest BCUT2D eigenvalue weighted by Crippen LogP contribution is 2.20. The molecule has 2 aromatic carbocycles. The minimum Gasteiger partial charge on any atom is -0.483 e. The third-order valence-corrected chi connectivity index (χ3v) is 4.96. The predicted octanol–water partition coefficient (Wildman–Crippen LogP) is 4.00. The lowest BCUT2D eigenvalue weighted by Gasteiger charge is -2.12. The van der Waals surface area contributed by atoms with Crippen molar-refractivity contribution in [2.75, 3.05) is 11.9 Å². The fraction of sp³-hybridized carbons (Fsp3) is 0.143. The predicted molar refractivity (Wildman–Crippen MR) is 107 cm³/mol. The number of anilines is 1. The van der Waals surface area contributed by atoms with E-state index in [1.165, 1.54) is 0 Å². The molecule has 1 heterocycles. The Kier molecular flexibility index (Phi) is 6.22. The highest BCUT2D eigenvalue weighted by atomic mass is 32.1. The molecule has 0 aliphatic carbocycles. The summed E-state index contributed by atoms with van der Waals surface area (Å²) in [6.45, 7) is 2.33. The third kappa shape index (κ3) is 5.18. The Morgan fingerprint density at radius 3 is 2.48 bits per heavy atom. The van der Waals surface area contributed by atoms with Gasteiger partial charge in [-0.05, 0) is 48.2 Å². The van der Waals surface area contributed by atoms with Crippen LogP contribution in [0.25, 0.3) is 0 Å². The first-order chi connectivity index (χ1) is 13.1. The standard InChI is InChI=1S/C21H20N2O3S/c1-15-11-12-27-19(15)13-22-20(24)14-26-18-10-6-5-9-17(18)21(25)23-16-7-3-2-4-8-16/h2-12H,13-14H2,1H3,(H,22,24)(H,23,25). The van der Waals surface area contributed by atoms with Gasteiger partial charge >= 0.3 is 0 Å². The van der Waals surface area contributed by atoms with Gasteiger partial charge in [-0.25, -0.2) is 0 Å². The summed E-state index contributed by atoms with van der Waals surface area (Å²) in [6.07, 6.45) is 0. The Morgan fingerprint density at radius 1 is 1.00 bits per heavy atom. The molecule has 0 atom stereocenters. The molecule has 0 saturated carbocycles. The zero-order valence-corrected chi connectivity index (χ0v) is 15.7. The third-order valence-electron chi connectivity index (χ3n) is 3.94. The molecule has 6 heteroatoms. The Hall–Kier alpha value is -3.12. The number of carbonyl (C=O) groups is 2. The lowest BCUT2D eigenvalue weighted by Crippen LogP contribution is -2.28. The van der Waals surface area contributed by atoms with E-state index in [0.717, 1.165) is 10.4 Å². The molecule has 3 rings (SSSR count). The molecule has 3 aromatic rings. The number of hydrogen-bond acceptors (Lipinski definition) is 4. The van der Waals surface area contributed by atoms with Gasteiger partial charge in [0.2, 0.25) is 0 Å². The molecule has 2 N–H and O–H groups in total. The lowest BCUT2D eigenvalue weighted by molar-refractivity contribution is -0.123. The normalized spacial score (nSPS) is 10.3. The molecular formula is C21H20N2O3S. The van der Waals surface area contributed by atoms with E-state index in [0.29, 0.717) is 23.5 Å². The number of rotatable bonds is 7. The van der Waals surface area contributed by atoms with Crippen LogP contribution in [0.5, 0.6) is 5.75 Å². The molecule has 0 bridgehead atoms. The largest absolute Gasteiger partial charge is 0.483 e. The molecule has 1 aromatic heterocycles. The number of nitrogens with one attached hydrogen (secondary N) is 2. The van der Waals surface area contributed by atoms with E-state index in [9.17, 15) is 9.59 Å². The Bertz CT molecular complexity index is 922. The van der Waals surface area contributed by atoms with E-state index in [1.54, 1.807) is 47.7 Å². The van der Waals surface area contributed by atoms with Gasteiger partial charge in [-0.1, -0.05) is 30.3 Å². The summed E-state index contributed by atoms with van der Waals surface area (Å²) in [5, 5.41) is 7.64. The molecule has 5 nitrogen and oxygen atoms in total. The number of para-hydroxylation sites is 2. The van der Waals surface area contributed by atoms with E-state index in [2.05, 4.69) is 10.6 Å². The van der Waals surface area contributed by atoms with Gasteiger partial charge in [0.15, 0.2) is 6.61 Å². The van der Waals surface area contributed by atoms with Gasteiger partial charge in [0, 0.05) is 10.6 Å². The second-order valence-corrected chi connectivity index (χ2v) is 6.91. The van der Waals surface area contributed by atoms with Crippen LogP contribution in [-0.2, 0) is 11.3 Å². The summed E-state index contributed by atoms with van der Waals surface area (Å²) in [4.78, 5) is 25.7. The first kappa shape index (κ1) is 18.7. The van der Waals surface area contributed by atoms with Gasteiger partial charge in [0.1, 0.15) is 5.75 Å². The van der Waals surface area contributed by atoms with Crippen molar-refractivity contribution in [3.63, 3.8) is 0 Å². The van der Waals surface area contributed by atoms with Crippen molar-refractivity contribution in [3.05, 3.63) is 82.0 Å². The van der Waals surface area contributed by atoms with Crippen molar-refractivity contribution in [2.24, 2.45) is 0 Å². The van der Waals surface area contributed by atoms with E-state index >= 15 is 0 Å². The maximum Gasteiger partial charge on any atom is 0.259 e. The van der Waals surface area contributed by atoms with Crippen molar-refractivity contribution in [1.82, 2.24) is 5.32 Å². The Balaban J connectivity index is 1.58. The summed E-state index contributed by atoms with van der Waals surface area (Å²) in [6, 6.07) is 18.1. The fourth-order valence-corrected chi connectivity index (χ4v) is 3.30. The van der Waals surface area contributed by atoms with Crippen molar-refractivity contribution in [3.8, 4) is 5.75 Å². The van der Waals surface area contributed by atoms with Crippen LogP contribution in [0.1, 0.15) is 20.8 Å². The van der Waals surface area contributed by atoms with Gasteiger partial charge in [-0.2, -0.15) is 0 Å². The molecule has 0 aliphatic rings. The Labute approximate surface area is 162 Å². The van der Waals surface area contributed by atoms with E-state index in [-0.39, 0.29) is 18.4 Å². The molecule has 138 valence electrons. The highest BCUT2D eigenvalue weighted by molar-refractivity contribution is 7.10. The summed E-state index contributed by atoms with van der Waals surface area (Å²) in [5.41, 5.74) is 2.23. The van der Waals surface area contributed by atoms with Gasteiger partial charge in [-0.15, -0.1) is 11.3 Å². The first-order valence-electron chi connectivity index (χ1n) is 8.51. The van der Waals surface area contributed by atoms with Crippen molar-refractivity contribution in [2.45, 2.75) is 13.5 Å². The summed E-state index contributed by atoms with van der Waals surface area (Å²) < 4.78 is 5.59. The molecule has 0 spiro atoms. The smallest absolute Gasteiger partial charge is 0.259 e. The summed E-state index contributed by atoms with van der Waals surface area (Å²) in [5.74, 6) is -0.152. The quantitative estimate of drug-likeness (QED) is 0.651. The lowest BCUT2D eigenvalue weighted by atomic mass is 10.2. The summed E-state index contributed by atoms with van der Waals surface area (Å²) in [7, 11) is 0. The van der Waals surface area contributed by atoms with Crippen LogP contribution in [0.4, 0.5) is 5.69 Å². The zero-order chi connectivity index (χ0) is 19.1. The minimum atomic E-state index is -0.286. The number of carbonyl (C=O) groups excluding carboxylic acids is 2. The monoisotopic (exact) mass is 380 g/mol. The zero-order valence-electron chi connectivity index (χ0n) is 14.9. The molecule has 0 radical (unpaired) electrons. The van der Waals surface area contributed by atoms with E-state index < -0.39 is 0 Å². The maximum absolute atomic E-state index is 12.5. The number of amides is 2. The second kappa shape index (κ2) is 9.00. The second-order valence-electron chi connectivity index (χ2n) is 5.91. The number of hydrogen-bond donors (Lipinski definition) is 2. The first-order valence-corrected chi connectivity index (χ1v) is 9.39. The molecule has 0 unspecified atom stereocenters. The molecule has 2 amide bonds. The van der Waals surface area contributed by atoms with Crippen LogP contribution in [0.15, 0.2) is 66.0 Å². The SMILES string of the molecule is Cc1ccsc1CNC(=O)COc1ccccc1C(=O)Nc1ccccc1. The van der Waals surface area contributed by atoms with Crippen LogP contribution in [0, 0.1) is 6.92 Å². The number of aryl methyl sites for hydroxylation is 1. The molecule has 0 aliphatic heterocycles. The maximum atomic E-state index is 12.5. The molecule has 27 heavy (non-hydrogen) atoms. The average molecular weight is 380 g/mol. The topological polar surface area (TPSA) is 67.4 Å². The van der Waals surface area contributed by atoms with E-state index in [1.807, 2.05) is 36.6 Å². The Morgan fingerprint density at radius 2 is 1.74 bits per heavy atom. The molecule has 0 fully saturated rings. The van der Waals surface area contributed by atoms with Gasteiger partial charge < -0.3 is 15.4 Å². The van der Waals surface area contributed by atoms with Gasteiger partial charge in [-0.3, -0.25) is 9.59 Å². The van der Waals surface area contributed by atoms with Crippen LogP contribution < -0.4 is 15.4 Å². The average Bonchev–Trinajstić information content (AvgIpc) is 3.10. The van der Waals surface area contributed by atoms with Gasteiger partial charge in [0.05, 0.1) is 12.1 Å². The van der Waals surface area contributed by atoms with Crippen molar-refractivity contribution >= 4 is 28.8 Å². The number of benzene rings is 2. The molecule has 0 saturated heterocycles. The number of thiophene rings is 1. The van der Waals surface area contributed by atoms with Crippen LogP contribution >= 0.6 is 11.3 Å². The van der Waals surface area contributed by atoms with Crippen LogP contribution in [-0.4, -0.2) is 18.4 Å². The van der Waals surface area contributed by atoms with Crippen molar-refractivity contribution < 1.29 is 14.3 Å². The van der Waals surface area contributed by atoms with Crippen LogP contribution in [0.2, 0.25) is 0 Å². The van der Waals surface area contributed by atoms with E-state index in [4.69, 9.17) is 4.74 Å². The minimum absolute atomic E-state index is 0.153. The van der Waals surface area contributed by atoms with Gasteiger partial charge in [0.25, 0.3) is 11.8 Å². The van der Waals surface area contributed by atoms with Crippen LogP contribution in [0.3, 0.4) is 0 Å². The summed E-state index contributed by atoms with van der Waals surface area (Å²) >= 11 is 1.60.